The quantitative estimate of drug-likeness (QED) is 0.600. The van der Waals surface area contributed by atoms with E-state index in [2.05, 4.69) is 5.32 Å². The number of anilines is 1. The van der Waals surface area contributed by atoms with Crippen molar-refractivity contribution in [1.29, 1.82) is 0 Å². The largest absolute Gasteiger partial charge is 0.419 e. The Morgan fingerprint density at radius 3 is 2.58 bits per heavy atom. The van der Waals surface area contributed by atoms with Crippen molar-refractivity contribution in [3.63, 3.8) is 0 Å². The monoisotopic (exact) mass is 279 g/mol. The van der Waals surface area contributed by atoms with Crippen LogP contribution in [0.2, 0.25) is 0 Å². The fraction of sp³-hybridized carbons (Fsp3) is 0.538. The van der Waals surface area contributed by atoms with E-state index in [0.29, 0.717) is 19.8 Å². The summed E-state index contributed by atoms with van der Waals surface area (Å²) in [6, 6.07) is 2.85. The molecule has 0 heterocycles. The lowest BCUT2D eigenvalue weighted by Crippen LogP contribution is -2.12. The van der Waals surface area contributed by atoms with Gasteiger partial charge in [-0.05, 0) is 24.6 Å². The molecule has 0 fully saturated rings. The van der Waals surface area contributed by atoms with Crippen LogP contribution in [0.5, 0.6) is 0 Å². The first-order valence-electron chi connectivity index (χ1n) is 6.13. The molecule has 19 heavy (non-hydrogen) atoms. The molecule has 0 saturated carbocycles. The zero-order valence-corrected chi connectivity index (χ0v) is 10.7. The van der Waals surface area contributed by atoms with Gasteiger partial charge >= 0.3 is 6.18 Å². The molecule has 1 aromatic rings. The molecule has 0 unspecified atom stereocenters. The van der Waals surface area contributed by atoms with E-state index in [1.165, 1.54) is 6.07 Å². The Hall–Kier alpha value is -1.30. The minimum Gasteiger partial charge on any atom is -0.383 e. The van der Waals surface area contributed by atoms with Crippen molar-refractivity contribution < 1.29 is 22.3 Å². The summed E-state index contributed by atoms with van der Waals surface area (Å²) in [5.41, 5.74) is -1.03. The summed E-state index contributed by atoms with van der Waals surface area (Å²) < 4.78 is 55.7. The Kier molecular flexibility index (Phi) is 6.08. The predicted octanol–water partition coefficient (Wildman–Crippen LogP) is 4.07. The molecule has 0 aromatic heterocycles. The van der Waals surface area contributed by atoms with Crippen LogP contribution in [0.1, 0.15) is 25.3 Å². The number of halogens is 4. The Morgan fingerprint density at radius 2 is 1.95 bits per heavy atom. The van der Waals surface area contributed by atoms with Crippen LogP contribution in [0, 0.1) is 5.82 Å². The summed E-state index contributed by atoms with van der Waals surface area (Å²) in [5.74, 6) is -1.27. The molecule has 0 atom stereocenters. The molecule has 0 spiro atoms. The fourth-order valence-corrected chi connectivity index (χ4v) is 1.47. The summed E-state index contributed by atoms with van der Waals surface area (Å²) in [6.07, 6.45) is -2.70. The molecule has 0 radical (unpaired) electrons. The zero-order chi connectivity index (χ0) is 14.3. The molecule has 0 aliphatic rings. The highest BCUT2D eigenvalue weighted by atomic mass is 19.4. The second-order valence-corrected chi connectivity index (χ2v) is 4.09. The van der Waals surface area contributed by atoms with Crippen LogP contribution in [-0.4, -0.2) is 19.8 Å². The van der Waals surface area contributed by atoms with Crippen molar-refractivity contribution in [3.8, 4) is 0 Å². The summed E-state index contributed by atoms with van der Waals surface area (Å²) >= 11 is 0. The van der Waals surface area contributed by atoms with E-state index >= 15 is 0 Å². The molecule has 0 aliphatic heterocycles. The van der Waals surface area contributed by atoms with Gasteiger partial charge < -0.3 is 10.1 Å². The van der Waals surface area contributed by atoms with Crippen LogP contribution in [0.15, 0.2) is 18.2 Å². The number of benzene rings is 1. The van der Waals surface area contributed by atoms with Gasteiger partial charge in [-0.2, -0.15) is 13.2 Å². The van der Waals surface area contributed by atoms with Crippen LogP contribution < -0.4 is 5.32 Å². The van der Waals surface area contributed by atoms with E-state index in [0.717, 1.165) is 25.0 Å². The van der Waals surface area contributed by atoms with Crippen molar-refractivity contribution in [2.45, 2.75) is 25.9 Å². The molecule has 1 N–H and O–H groups in total. The molecule has 1 rings (SSSR count). The molecule has 2 nitrogen and oxygen atoms in total. The van der Waals surface area contributed by atoms with Crippen molar-refractivity contribution in [2.75, 3.05) is 25.1 Å². The third-order valence-corrected chi connectivity index (χ3v) is 2.49. The van der Waals surface area contributed by atoms with E-state index < -0.39 is 17.6 Å². The minimum absolute atomic E-state index is 0.229. The van der Waals surface area contributed by atoms with E-state index in [-0.39, 0.29) is 5.69 Å². The second-order valence-electron chi connectivity index (χ2n) is 4.09. The van der Waals surface area contributed by atoms with Crippen LogP contribution in [-0.2, 0) is 10.9 Å². The van der Waals surface area contributed by atoms with Gasteiger partial charge in [0, 0.05) is 18.8 Å². The van der Waals surface area contributed by atoms with Crippen molar-refractivity contribution in [3.05, 3.63) is 29.6 Å². The van der Waals surface area contributed by atoms with Crippen LogP contribution in [0.3, 0.4) is 0 Å². The van der Waals surface area contributed by atoms with Crippen LogP contribution in [0.4, 0.5) is 23.2 Å². The highest BCUT2D eigenvalue weighted by molar-refractivity contribution is 5.47. The topological polar surface area (TPSA) is 21.3 Å². The summed E-state index contributed by atoms with van der Waals surface area (Å²) in [7, 11) is 0. The zero-order valence-electron chi connectivity index (χ0n) is 10.7. The summed E-state index contributed by atoms with van der Waals surface area (Å²) in [4.78, 5) is 0. The molecule has 0 saturated heterocycles. The maximum atomic E-state index is 13.0. The van der Waals surface area contributed by atoms with Gasteiger partial charge in [-0.15, -0.1) is 0 Å². The number of ether oxygens (including phenoxy) is 1. The smallest absolute Gasteiger partial charge is 0.383 e. The molecule has 0 aliphatic carbocycles. The molecule has 1 aromatic carbocycles. The van der Waals surface area contributed by atoms with Crippen molar-refractivity contribution in [2.24, 2.45) is 0 Å². The maximum Gasteiger partial charge on any atom is 0.419 e. The minimum atomic E-state index is -4.68. The van der Waals surface area contributed by atoms with Gasteiger partial charge in [0.2, 0.25) is 0 Å². The molecular formula is C13H17F4NO. The average molecular weight is 279 g/mol. The lowest BCUT2D eigenvalue weighted by Gasteiger charge is -2.11. The molecular weight excluding hydrogens is 262 g/mol. The van der Waals surface area contributed by atoms with Gasteiger partial charge in [-0.3, -0.25) is 0 Å². The number of alkyl halides is 3. The molecule has 108 valence electrons. The van der Waals surface area contributed by atoms with Crippen molar-refractivity contribution >= 4 is 5.69 Å². The van der Waals surface area contributed by atoms with Crippen LogP contribution >= 0.6 is 0 Å². The first-order valence-corrected chi connectivity index (χ1v) is 6.13. The van der Waals surface area contributed by atoms with Gasteiger partial charge in [0.15, 0.2) is 0 Å². The first kappa shape index (κ1) is 15.8. The lowest BCUT2D eigenvalue weighted by atomic mass is 10.2. The first-order chi connectivity index (χ1) is 8.95. The van der Waals surface area contributed by atoms with Gasteiger partial charge in [0.1, 0.15) is 5.82 Å². The van der Waals surface area contributed by atoms with Crippen LogP contribution in [0.25, 0.3) is 0 Å². The Bertz CT molecular complexity index is 393. The van der Waals surface area contributed by atoms with Gasteiger partial charge in [-0.25, -0.2) is 4.39 Å². The number of unbranched alkanes of at least 4 members (excludes halogenated alkanes) is 1. The molecule has 0 bridgehead atoms. The summed E-state index contributed by atoms with van der Waals surface area (Å²) in [5, 5.41) is 2.77. The van der Waals surface area contributed by atoms with E-state index in [1.807, 2.05) is 6.92 Å². The SMILES string of the molecule is CCCCOCCNc1ccc(F)c(C(F)(F)F)c1. The van der Waals surface area contributed by atoms with Gasteiger partial charge in [-0.1, -0.05) is 13.3 Å². The van der Waals surface area contributed by atoms with Gasteiger partial charge in [0.05, 0.1) is 12.2 Å². The highest BCUT2D eigenvalue weighted by Gasteiger charge is 2.34. The average Bonchev–Trinajstić information content (AvgIpc) is 2.34. The Morgan fingerprint density at radius 1 is 1.21 bits per heavy atom. The standard InChI is InChI=1S/C13H17F4NO/c1-2-3-7-19-8-6-18-10-4-5-12(14)11(9-10)13(15,16)17/h4-5,9,18H,2-3,6-8H2,1H3. The van der Waals surface area contributed by atoms with Gasteiger partial charge in [0.25, 0.3) is 0 Å². The number of hydrogen-bond donors (Lipinski definition) is 1. The van der Waals surface area contributed by atoms with E-state index in [9.17, 15) is 17.6 Å². The Labute approximate surface area is 109 Å². The molecule has 0 amide bonds. The van der Waals surface area contributed by atoms with E-state index in [1.54, 1.807) is 0 Å². The number of hydrogen-bond acceptors (Lipinski definition) is 2. The Balaban J connectivity index is 2.47. The molecule has 6 heteroatoms. The fourth-order valence-electron chi connectivity index (χ4n) is 1.47. The number of rotatable bonds is 7. The third kappa shape index (κ3) is 5.46. The predicted molar refractivity (Wildman–Crippen MR) is 65.6 cm³/mol. The normalized spacial score (nSPS) is 11.6. The van der Waals surface area contributed by atoms with Crippen molar-refractivity contribution in [1.82, 2.24) is 0 Å². The lowest BCUT2D eigenvalue weighted by molar-refractivity contribution is -0.139. The summed E-state index contributed by atoms with van der Waals surface area (Å²) in [6.45, 7) is 3.46. The van der Waals surface area contributed by atoms with E-state index in [4.69, 9.17) is 4.74 Å². The highest BCUT2D eigenvalue weighted by Crippen LogP contribution is 2.32. The third-order valence-electron chi connectivity index (χ3n) is 2.49. The second kappa shape index (κ2) is 7.33. The number of nitrogens with one attached hydrogen (secondary N) is 1. The maximum absolute atomic E-state index is 13.0.